The first-order chi connectivity index (χ1) is 9.06. The Morgan fingerprint density at radius 1 is 1.53 bits per heavy atom. The number of urea groups is 1. The van der Waals surface area contributed by atoms with Gasteiger partial charge in [-0.25, -0.2) is 4.79 Å². The van der Waals surface area contributed by atoms with Gasteiger partial charge >= 0.3 is 6.03 Å². The minimum atomic E-state index is -0.504. The summed E-state index contributed by atoms with van der Waals surface area (Å²) in [6.45, 7) is 2.23. The molecule has 1 aromatic rings. The summed E-state index contributed by atoms with van der Waals surface area (Å²) >= 11 is 3.34. The Labute approximate surface area is 121 Å². The molecule has 106 valence electrons. The average Bonchev–Trinajstić information content (AvgIpc) is 2.39. The maximum atomic E-state index is 11.6. The van der Waals surface area contributed by atoms with Crippen LogP contribution in [0.2, 0.25) is 0 Å². The molecular formula is C13H19BrN2O3. The van der Waals surface area contributed by atoms with Crippen molar-refractivity contribution in [1.82, 2.24) is 5.32 Å². The lowest BCUT2D eigenvalue weighted by molar-refractivity contribution is 0.162. The van der Waals surface area contributed by atoms with Crippen LogP contribution in [-0.4, -0.2) is 30.9 Å². The number of ether oxygens (including phenoxy) is 1. The Kier molecular flexibility index (Phi) is 6.66. The molecule has 0 spiro atoms. The largest absolute Gasteiger partial charge is 0.495 e. The molecule has 0 radical (unpaired) electrons. The number of hydrogen-bond donors (Lipinski definition) is 3. The lowest BCUT2D eigenvalue weighted by Gasteiger charge is -2.12. The van der Waals surface area contributed by atoms with Crippen LogP contribution >= 0.6 is 15.9 Å². The van der Waals surface area contributed by atoms with E-state index in [-0.39, 0.29) is 12.6 Å². The van der Waals surface area contributed by atoms with Gasteiger partial charge in [-0.15, -0.1) is 0 Å². The Hall–Kier alpha value is -1.27. The van der Waals surface area contributed by atoms with E-state index in [9.17, 15) is 9.90 Å². The monoisotopic (exact) mass is 330 g/mol. The summed E-state index contributed by atoms with van der Waals surface area (Å²) in [6, 6.07) is 4.92. The highest BCUT2D eigenvalue weighted by molar-refractivity contribution is 9.10. The van der Waals surface area contributed by atoms with Crippen molar-refractivity contribution in [3.8, 4) is 5.75 Å². The first-order valence-corrected chi connectivity index (χ1v) is 6.92. The fourth-order valence-corrected chi connectivity index (χ4v) is 1.97. The van der Waals surface area contributed by atoms with Crippen LogP contribution in [0.5, 0.6) is 5.75 Å². The van der Waals surface area contributed by atoms with Crippen molar-refractivity contribution in [3.63, 3.8) is 0 Å². The Balaban J connectivity index is 2.48. The molecule has 0 saturated heterocycles. The van der Waals surface area contributed by atoms with Crippen molar-refractivity contribution < 1.29 is 14.6 Å². The van der Waals surface area contributed by atoms with Gasteiger partial charge in [0, 0.05) is 18.3 Å². The van der Waals surface area contributed by atoms with Crippen LogP contribution in [0.1, 0.15) is 19.8 Å². The van der Waals surface area contributed by atoms with Crippen LogP contribution in [0.4, 0.5) is 10.5 Å². The van der Waals surface area contributed by atoms with Crippen LogP contribution in [0, 0.1) is 0 Å². The number of nitrogens with one attached hydrogen (secondary N) is 2. The molecule has 0 aliphatic rings. The van der Waals surface area contributed by atoms with Gasteiger partial charge in [0.2, 0.25) is 0 Å². The summed E-state index contributed by atoms with van der Waals surface area (Å²) < 4.78 is 5.96. The molecule has 1 rings (SSSR count). The Morgan fingerprint density at radius 3 is 2.89 bits per heavy atom. The predicted octanol–water partition coefficient (Wildman–Crippen LogP) is 2.74. The van der Waals surface area contributed by atoms with Crippen molar-refractivity contribution >= 4 is 27.6 Å². The summed E-state index contributed by atoms with van der Waals surface area (Å²) in [7, 11) is 1.56. The van der Waals surface area contributed by atoms with E-state index in [0.717, 1.165) is 10.9 Å². The van der Waals surface area contributed by atoms with Crippen molar-refractivity contribution in [3.05, 3.63) is 22.7 Å². The molecule has 3 N–H and O–H groups in total. The van der Waals surface area contributed by atoms with Crippen LogP contribution < -0.4 is 15.4 Å². The van der Waals surface area contributed by atoms with E-state index >= 15 is 0 Å². The molecule has 0 aromatic heterocycles. The quantitative estimate of drug-likeness (QED) is 0.751. The van der Waals surface area contributed by atoms with Gasteiger partial charge in [0.1, 0.15) is 5.75 Å². The fourth-order valence-electron chi connectivity index (χ4n) is 1.56. The standard InChI is InChI=1S/C13H19BrN2O3/c1-3-4-10(17)8-15-13(18)16-9-5-6-11(14)12(7-9)19-2/h5-7,10,17H,3-4,8H2,1-2H3,(H2,15,16,18). The zero-order chi connectivity index (χ0) is 14.3. The summed E-state index contributed by atoms with van der Waals surface area (Å²) in [6.07, 6.45) is 1.05. The highest BCUT2D eigenvalue weighted by atomic mass is 79.9. The number of halogens is 1. The van der Waals surface area contributed by atoms with E-state index in [2.05, 4.69) is 26.6 Å². The minimum absolute atomic E-state index is 0.243. The first kappa shape index (κ1) is 15.8. The Morgan fingerprint density at radius 2 is 2.26 bits per heavy atom. The Bertz CT molecular complexity index is 426. The summed E-state index contributed by atoms with van der Waals surface area (Å²) in [4.78, 5) is 11.6. The maximum Gasteiger partial charge on any atom is 0.319 e. The third-order valence-electron chi connectivity index (χ3n) is 2.53. The van der Waals surface area contributed by atoms with Crippen molar-refractivity contribution in [1.29, 1.82) is 0 Å². The van der Waals surface area contributed by atoms with E-state index in [1.54, 1.807) is 25.3 Å². The summed E-state index contributed by atoms with van der Waals surface area (Å²) in [5, 5.41) is 14.8. The molecule has 5 nitrogen and oxygen atoms in total. The lowest BCUT2D eigenvalue weighted by atomic mass is 10.2. The maximum absolute atomic E-state index is 11.6. The van der Waals surface area contributed by atoms with E-state index in [1.165, 1.54) is 0 Å². The molecule has 0 fully saturated rings. The zero-order valence-corrected chi connectivity index (χ0v) is 12.7. The van der Waals surface area contributed by atoms with Gasteiger partial charge in [-0.2, -0.15) is 0 Å². The molecular weight excluding hydrogens is 312 g/mol. The number of methoxy groups -OCH3 is 1. The smallest absolute Gasteiger partial charge is 0.319 e. The van der Waals surface area contributed by atoms with E-state index < -0.39 is 6.10 Å². The van der Waals surface area contributed by atoms with Gasteiger partial charge < -0.3 is 20.5 Å². The van der Waals surface area contributed by atoms with E-state index in [4.69, 9.17) is 4.74 Å². The number of aliphatic hydroxyl groups is 1. The number of carbonyl (C=O) groups excluding carboxylic acids is 1. The predicted molar refractivity (Wildman–Crippen MR) is 78.6 cm³/mol. The van der Waals surface area contributed by atoms with Crippen LogP contribution in [-0.2, 0) is 0 Å². The van der Waals surface area contributed by atoms with Gasteiger partial charge in [0.15, 0.2) is 0 Å². The second-order valence-electron chi connectivity index (χ2n) is 4.13. The highest BCUT2D eigenvalue weighted by Crippen LogP contribution is 2.27. The normalized spacial score (nSPS) is 11.8. The third kappa shape index (κ3) is 5.48. The van der Waals surface area contributed by atoms with Gasteiger partial charge in [0.05, 0.1) is 17.7 Å². The van der Waals surface area contributed by atoms with Gasteiger partial charge in [-0.1, -0.05) is 13.3 Å². The lowest BCUT2D eigenvalue weighted by Crippen LogP contribution is -2.35. The van der Waals surface area contributed by atoms with Crippen molar-refractivity contribution in [2.24, 2.45) is 0 Å². The fraction of sp³-hybridized carbons (Fsp3) is 0.462. The molecule has 0 bridgehead atoms. The number of benzene rings is 1. The molecule has 0 aliphatic carbocycles. The van der Waals surface area contributed by atoms with Gasteiger partial charge in [0.25, 0.3) is 0 Å². The van der Waals surface area contributed by atoms with Crippen molar-refractivity contribution in [2.45, 2.75) is 25.9 Å². The molecule has 2 amide bonds. The average molecular weight is 331 g/mol. The number of aliphatic hydroxyl groups excluding tert-OH is 1. The molecule has 1 aromatic carbocycles. The molecule has 19 heavy (non-hydrogen) atoms. The molecule has 1 atom stereocenters. The second-order valence-corrected chi connectivity index (χ2v) is 4.98. The molecule has 0 heterocycles. The molecule has 6 heteroatoms. The summed E-state index contributed by atoms with van der Waals surface area (Å²) in [5.74, 6) is 0.642. The number of anilines is 1. The number of amides is 2. The first-order valence-electron chi connectivity index (χ1n) is 6.13. The SMILES string of the molecule is CCCC(O)CNC(=O)Nc1ccc(Br)c(OC)c1. The molecule has 0 saturated carbocycles. The van der Waals surface area contributed by atoms with Crippen molar-refractivity contribution in [2.75, 3.05) is 19.0 Å². The van der Waals surface area contributed by atoms with Crippen LogP contribution in [0.15, 0.2) is 22.7 Å². The third-order valence-corrected chi connectivity index (χ3v) is 3.18. The molecule has 1 unspecified atom stereocenters. The topological polar surface area (TPSA) is 70.6 Å². The van der Waals surface area contributed by atoms with Crippen LogP contribution in [0.25, 0.3) is 0 Å². The molecule has 0 aliphatic heterocycles. The van der Waals surface area contributed by atoms with E-state index in [0.29, 0.717) is 17.9 Å². The van der Waals surface area contributed by atoms with Gasteiger partial charge in [-0.3, -0.25) is 0 Å². The van der Waals surface area contributed by atoms with E-state index in [1.807, 2.05) is 6.92 Å². The second kappa shape index (κ2) is 8.01. The highest BCUT2D eigenvalue weighted by Gasteiger charge is 2.07. The zero-order valence-electron chi connectivity index (χ0n) is 11.1. The van der Waals surface area contributed by atoms with Gasteiger partial charge in [-0.05, 0) is 34.5 Å². The summed E-state index contributed by atoms with van der Waals surface area (Å²) in [5.41, 5.74) is 0.627. The number of carbonyl (C=O) groups is 1. The van der Waals surface area contributed by atoms with Crippen LogP contribution in [0.3, 0.4) is 0 Å². The minimum Gasteiger partial charge on any atom is -0.495 e. The number of hydrogen-bond acceptors (Lipinski definition) is 3. The number of rotatable bonds is 6.